The molecule has 3 aromatic carbocycles. The van der Waals surface area contributed by atoms with Crippen LogP contribution in [0.2, 0.25) is 0 Å². The Morgan fingerprint density at radius 2 is 1.89 bits per heavy atom. The second-order valence-electron chi connectivity index (χ2n) is 9.55. The Hall–Kier alpha value is -3.79. The zero-order chi connectivity index (χ0) is 31.4. The van der Waals surface area contributed by atoms with E-state index in [0.29, 0.717) is 16.7 Å². The van der Waals surface area contributed by atoms with Crippen molar-refractivity contribution in [2.24, 2.45) is 4.99 Å². The molecule has 0 saturated carbocycles. The smallest absolute Gasteiger partial charge is 0.406 e. The molecule has 4 aromatic rings. The molecule has 1 amide bonds. The summed E-state index contributed by atoms with van der Waals surface area (Å²) in [6.07, 6.45) is -2.53. The molecule has 1 atom stereocenters. The van der Waals surface area contributed by atoms with E-state index in [4.69, 9.17) is 12.2 Å². The second kappa shape index (κ2) is 13.5. The lowest BCUT2D eigenvalue weighted by Gasteiger charge is -2.20. The van der Waals surface area contributed by atoms with Gasteiger partial charge in [-0.15, -0.1) is 18.3 Å². The van der Waals surface area contributed by atoms with Crippen molar-refractivity contribution < 1.29 is 22.7 Å². The van der Waals surface area contributed by atoms with E-state index in [0.717, 1.165) is 33.3 Å². The highest BCUT2D eigenvalue weighted by atomic mass is 79.9. The molecular weight excluding hydrogens is 679 g/mol. The molecule has 1 aromatic heterocycles. The highest BCUT2D eigenvalue weighted by Crippen LogP contribution is 2.32. The number of thioether (sulfide) groups is 1. The molecule has 228 valence electrons. The maximum absolute atomic E-state index is 12.7. The van der Waals surface area contributed by atoms with Gasteiger partial charge in [0, 0.05) is 10.0 Å². The number of nitrogens with one attached hydrogen (secondary N) is 2. The molecule has 0 bridgehead atoms. The molecule has 1 fully saturated rings. The first-order chi connectivity index (χ1) is 21.0. The molecule has 1 unspecified atom stereocenters. The SMILES string of the molecule is CCC(NNC(=S)N=C1SCC(=O)N1c1cc(Br)ccc1C)c1ccc(-c2ncn(-c3ccc(OC(F)(F)F)cc3)n2)cc1. The zero-order valence-corrected chi connectivity index (χ0v) is 26.5. The number of carbonyl (C=O) groups is 1. The van der Waals surface area contributed by atoms with Crippen molar-refractivity contribution in [3.63, 3.8) is 0 Å². The summed E-state index contributed by atoms with van der Waals surface area (Å²) in [5.74, 6) is 0.354. The number of ether oxygens (including phenoxy) is 1. The number of aryl methyl sites for hydroxylation is 1. The molecule has 2 N–H and O–H groups in total. The molecular formula is C29H25BrF3N7O2S2. The van der Waals surface area contributed by atoms with Gasteiger partial charge in [-0.2, -0.15) is 4.99 Å². The summed E-state index contributed by atoms with van der Waals surface area (Å²) >= 11 is 10.3. The van der Waals surface area contributed by atoms with Crippen molar-refractivity contribution in [2.75, 3.05) is 10.7 Å². The maximum atomic E-state index is 12.7. The van der Waals surface area contributed by atoms with Crippen LogP contribution < -0.4 is 20.5 Å². The Morgan fingerprint density at radius 3 is 2.57 bits per heavy atom. The molecule has 2 heterocycles. The van der Waals surface area contributed by atoms with Crippen LogP contribution in [0.1, 0.15) is 30.5 Å². The lowest BCUT2D eigenvalue weighted by molar-refractivity contribution is -0.274. The van der Waals surface area contributed by atoms with Gasteiger partial charge in [0.25, 0.3) is 0 Å². The summed E-state index contributed by atoms with van der Waals surface area (Å²) in [6.45, 7) is 3.96. The highest BCUT2D eigenvalue weighted by Gasteiger charge is 2.32. The third kappa shape index (κ3) is 7.64. The van der Waals surface area contributed by atoms with Crippen LogP contribution >= 0.6 is 39.9 Å². The van der Waals surface area contributed by atoms with Gasteiger partial charge in [0.15, 0.2) is 11.0 Å². The Kier molecular flexibility index (Phi) is 9.68. The molecule has 9 nitrogen and oxygen atoms in total. The number of halogens is 4. The van der Waals surface area contributed by atoms with Crippen LogP contribution in [0, 0.1) is 6.92 Å². The zero-order valence-electron chi connectivity index (χ0n) is 23.3. The standard InChI is InChI=1S/C29H25BrF3N7O2S2/c1-3-23(36-37-27(43)35-28-40(25(41)15-44-28)24-14-20(30)9-4-17(24)2)18-5-7-19(8-6-18)26-34-16-39(38-26)21-10-12-22(13-11-21)42-29(31,32)33/h4-14,16,23,36H,3,15H2,1-2H3,(H,37,43). The number of nitrogens with zero attached hydrogens (tertiary/aromatic N) is 5. The van der Waals surface area contributed by atoms with E-state index >= 15 is 0 Å². The quantitative estimate of drug-likeness (QED) is 0.152. The predicted molar refractivity (Wildman–Crippen MR) is 172 cm³/mol. The van der Waals surface area contributed by atoms with Crippen LogP contribution in [-0.2, 0) is 4.79 Å². The van der Waals surface area contributed by atoms with Crippen molar-refractivity contribution in [1.82, 2.24) is 25.6 Å². The fourth-order valence-electron chi connectivity index (χ4n) is 4.37. The summed E-state index contributed by atoms with van der Waals surface area (Å²) in [7, 11) is 0. The van der Waals surface area contributed by atoms with E-state index in [-0.39, 0.29) is 28.6 Å². The number of amidine groups is 1. The average molecular weight is 705 g/mol. The molecule has 1 aliphatic heterocycles. The fraction of sp³-hybridized carbons (Fsp3) is 0.207. The van der Waals surface area contributed by atoms with Crippen LogP contribution in [0.5, 0.6) is 5.75 Å². The first kappa shape index (κ1) is 31.6. The largest absolute Gasteiger partial charge is 0.573 e. The molecule has 0 spiro atoms. The number of carbonyl (C=O) groups excluding carboxylic acids is 1. The lowest BCUT2D eigenvalue weighted by atomic mass is 10.0. The lowest BCUT2D eigenvalue weighted by Crippen LogP contribution is -2.39. The normalized spacial score (nSPS) is 15.1. The number of hydrogen-bond acceptors (Lipinski definition) is 7. The highest BCUT2D eigenvalue weighted by molar-refractivity contribution is 9.10. The number of benzene rings is 3. The van der Waals surface area contributed by atoms with Gasteiger partial charge >= 0.3 is 6.36 Å². The minimum atomic E-state index is -4.76. The van der Waals surface area contributed by atoms with E-state index in [9.17, 15) is 18.0 Å². The average Bonchev–Trinajstić information content (AvgIpc) is 3.62. The summed E-state index contributed by atoms with van der Waals surface area (Å²) in [5, 5.41) is 5.15. The van der Waals surface area contributed by atoms with Gasteiger partial charge in [-0.05, 0) is 73.1 Å². The number of amides is 1. The molecule has 5 rings (SSSR count). The number of aromatic nitrogens is 3. The Bertz CT molecular complexity index is 1700. The number of hydrazine groups is 1. The number of anilines is 1. The third-order valence-electron chi connectivity index (χ3n) is 6.53. The number of rotatable bonds is 8. The molecule has 0 aliphatic carbocycles. The number of thiocarbonyl (C=S) groups is 1. The van der Waals surface area contributed by atoms with E-state index in [1.165, 1.54) is 47.0 Å². The van der Waals surface area contributed by atoms with E-state index < -0.39 is 6.36 Å². The molecule has 15 heteroatoms. The molecule has 0 radical (unpaired) electrons. The van der Waals surface area contributed by atoms with Crippen LogP contribution in [0.3, 0.4) is 0 Å². The first-order valence-corrected chi connectivity index (χ1v) is 15.4. The summed E-state index contributed by atoms with van der Waals surface area (Å²) in [6, 6.07) is 18.7. The van der Waals surface area contributed by atoms with Crippen molar-refractivity contribution in [1.29, 1.82) is 0 Å². The number of aliphatic imine (C=N–C) groups is 1. The van der Waals surface area contributed by atoms with E-state index in [1.54, 1.807) is 4.90 Å². The Labute approximate surface area is 269 Å². The van der Waals surface area contributed by atoms with Crippen molar-refractivity contribution >= 4 is 61.8 Å². The topological polar surface area (TPSA) is 96.7 Å². The Balaban J connectivity index is 1.22. The maximum Gasteiger partial charge on any atom is 0.573 e. The van der Waals surface area contributed by atoms with Gasteiger partial charge in [-0.1, -0.05) is 64.9 Å². The van der Waals surface area contributed by atoms with Crippen molar-refractivity contribution in [3.05, 3.63) is 88.7 Å². The van der Waals surface area contributed by atoms with Gasteiger partial charge in [0.1, 0.15) is 12.1 Å². The third-order valence-corrected chi connectivity index (χ3v) is 8.14. The molecule has 1 saturated heterocycles. The minimum Gasteiger partial charge on any atom is -0.406 e. The number of hydrogen-bond donors (Lipinski definition) is 2. The Morgan fingerprint density at radius 1 is 1.16 bits per heavy atom. The van der Waals surface area contributed by atoms with E-state index in [1.807, 2.05) is 56.3 Å². The van der Waals surface area contributed by atoms with Crippen LogP contribution in [-0.4, -0.2) is 43.1 Å². The van der Waals surface area contributed by atoms with Gasteiger partial charge in [-0.25, -0.2) is 15.1 Å². The van der Waals surface area contributed by atoms with Gasteiger partial charge in [0.05, 0.1) is 23.2 Å². The predicted octanol–water partition coefficient (Wildman–Crippen LogP) is 6.87. The van der Waals surface area contributed by atoms with E-state index in [2.05, 4.69) is 46.6 Å². The van der Waals surface area contributed by atoms with Gasteiger partial charge in [-0.3, -0.25) is 15.1 Å². The summed E-state index contributed by atoms with van der Waals surface area (Å²) in [4.78, 5) is 23.1. The summed E-state index contributed by atoms with van der Waals surface area (Å²) < 4.78 is 43.5. The minimum absolute atomic E-state index is 0.0648. The fourth-order valence-corrected chi connectivity index (χ4v) is 5.79. The van der Waals surface area contributed by atoms with Crippen molar-refractivity contribution in [3.8, 4) is 22.8 Å². The molecule has 1 aliphatic rings. The van der Waals surface area contributed by atoms with Crippen LogP contribution in [0.15, 0.2) is 82.5 Å². The molecule has 44 heavy (non-hydrogen) atoms. The van der Waals surface area contributed by atoms with Gasteiger partial charge < -0.3 is 4.74 Å². The number of alkyl halides is 3. The monoisotopic (exact) mass is 703 g/mol. The second-order valence-corrected chi connectivity index (χ2v) is 11.8. The van der Waals surface area contributed by atoms with Crippen LogP contribution in [0.4, 0.5) is 18.9 Å². The first-order valence-electron chi connectivity index (χ1n) is 13.2. The van der Waals surface area contributed by atoms with Gasteiger partial charge in [0.2, 0.25) is 11.0 Å². The van der Waals surface area contributed by atoms with Crippen molar-refractivity contribution in [2.45, 2.75) is 32.7 Å². The van der Waals surface area contributed by atoms with Crippen LogP contribution in [0.25, 0.3) is 17.1 Å². The summed E-state index contributed by atoms with van der Waals surface area (Å²) in [5.41, 5.74) is 10.2.